The Morgan fingerprint density at radius 2 is 1.60 bits per heavy atom. The minimum absolute atomic E-state index is 0.0487. The van der Waals surface area contributed by atoms with Gasteiger partial charge in [0.25, 0.3) is 0 Å². The normalized spacial score (nSPS) is 12.2. The van der Waals surface area contributed by atoms with Crippen LogP contribution in [0.25, 0.3) is 0 Å². The van der Waals surface area contributed by atoms with Crippen LogP contribution in [0.4, 0.5) is 0 Å². The number of nitrogens with one attached hydrogen (secondary N) is 1. The van der Waals surface area contributed by atoms with Crippen molar-refractivity contribution in [2.45, 2.75) is 38.0 Å². The van der Waals surface area contributed by atoms with Gasteiger partial charge in [-0.25, -0.2) is 5.43 Å². The second kappa shape index (κ2) is 13.1. The highest BCUT2D eigenvalue weighted by molar-refractivity contribution is 7.87. The smallest absolute Gasteiger partial charge is 0.339 e. The van der Waals surface area contributed by atoms with Gasteiger partial charge in [0.2, 0.25) is 5.91 Å². The van der Waals surface area contributed by atoms with Crippen LogP contribution < -0.4 is 14.3 Å². The van der Waals surface area contributed by atoms with Crippen molar-refractivity contribution in [3.8, 4) is 11.5 Å². The molecule has 1 N–H and O–H groups in total. The zero-order chi connectivity index (χ0) is 28.5. The number of ether oxygens (including phenoxy) is 1. The van der Waals surface area contributed by atoms with Crippen LogP contribution in [0.1, 0.15) is 40.7 Å². The van der Waals surface area contributed by atoms with Crippen LogP contribution in [-0.2, 0) is 21.3 Å². The molecular formula is C32H32N2O5S. The fourth-order valence-electron chi connectivity index (χ4n) is 4.17. The number of hydrogen-bond donors (Lipinski definition) is 1. The van der Waals surface area contributed by atoms with Crippen molar-refractivity contribution in [3.63, 3.8) is 0 Å². The summed E-state index contributed by atoms with van der Waals surface area (Å²) in [5, 5.41) is 4.17. The Morgan fingerprint density at radius 1 is 0.900 bits per heavy atom. The molecule has 4 aromatic carbocycles. The Balaban J connectivity index is 1.50. The number of aryl methyl sites for hydroxylation is 2. The Bertz CT molecular complexity index is 1580. The summed E-state index contributed by atoms with van der Waals surface area (Å²) in [5.74, 6) is -0.359. The van der Waals surface area contributed by atoms with E-state index in [1.807, 2.05) is 68.4 Å². The van der Waals surface area contributed by atoms with Crippen LogP contribution in [0, 0.1) is 13.8 Å². The molecule has 0 spiro atoms. The minimum Gasteiger partial charge on any atom is -0.490 e. The summed E-state index contributed by atoms with van der Waals surface area (Å²) in [4.78, 5) is 13.3. The van der Waals surface area contributed by atoms with Crippen molar-refractivity contribution in [2.75, 3.05) is 6.61 Å². The standard InChI is InChI=1S/C32H32N2O5S/c1-4-38-31-20-25(16-19-30(31)39-40(36,37)28-17-14-23(2)15-18-28)22-33-34-32(35)29(26-11-6-5-7-12-26)21-27-13-9-8-10-24(27)3/h5-20,22,29H,4,21H2,1-3H3,(H,34,35)/b33-22-/t29-/m0/s1. The summed E-state index contributed by atoms with van der Waals surface area (Å²) in [6.07, 6.45) is 2.02. The molecule has 0 aliphatic heterocycles. The summed E-state index contributed by atoms with van der Waals surface area (Å²) in [5.41, 5.74) is 7.31. The first kappa shape index (κ1) is 28.6. The highest BCUT2D eigenvalue weighted by atomic mass is 32.2. The topological polar surface area (TPSA) is 94.1 Å². The molecule has 0 saturated carbocycles. The van der Waals surface area contributed by atoms with E-state index < -0.39 is 16.0 Å². The molecule has 0 bridgehead atoms. The van der Waals surface area contributed by atoms with Gasteiger partial charge in [-0.15, -0.1) is 0 Å². The maximum Gasteiger partial charge on any atom is 0.339 e. The summed E-state index contributed by atoms with van der Waals surface area (Å²) in [7, 11) is -4.05. The van der Waals surface area contributed by atoms with Gasteiger partial charge in [-0.2, -0.15) is 13.5 Å². The highest BCUT2D eigenvalue weighted by Gasteiger charge is 2.22. The number of amides is 1. The third kappa shape index (κ3) is 7.36. The Morgan fingerprint density at radius 3 is 2.30 bits per heavy atom. The summed E-state index contributed by atoms with van der Waals surface area (Å²) in [6, 6.07) is 28.8. The van der Waals surface area contributed by atoms with Gasteiger partial charge in [0.1, 0.15) is 4.90 Å². The molecule has 0 unspecified atom stereocenters. The molecule has 40 heavy (non-hydrogen) atoms. The van der Waals surface area contributed by atoms with Crippen LogP contribution in [0.5, 0.6) is 11.5 Å². The predicted molar refractivity (Wildman–Crippen MR) is 156 cm³/mol. The molecule has 0 aliphatic rings. The fraction of sp³-hybridized carbons (Fsp3) is 0.188. The van der Waals surface area contributed by atoms with Crippen molar-refractivity contribution in [1.29, 1.82) is 0 Å². The highest BCUT2D eigenvalue weighted by Crippen LogP contribution is 2.31. The van der Waals surface area contributed by atoms with Crippen LogP contribution in [0.3, 0.4) is 0 Å². The maximum atomic E-state index is 13.2. The summed E-state index contributed by atoms with van der Waals surface area (Å²) in [6.45, 7) is 6.00. The van der Waals surface area contributed by atoms with Crippen molar-refractivity contribution in [3.05, 3.63) is 125 Å². The summed E-state index contributed by atoms with van der Waals surface area (Å²) >= 11 is 0. The number of carbonyl (C=O) groups excluding carboxylic acids is 1. The number of carbonyl (C=O) groups is 1. The van der Waals surface area contributed by atoms with Crippen molar-refractivity contribution in [1.82, 2.24) is 5.43 Å². The summed E-state index contributed by atoms with van der Waals surface area (Å²) < 4.78 is 36.6. The molecule has 1 atom stereocenters. The lowest BCUT2D eigenvalue weighted by molar-refractivity contribution is -0.122. The van der Waals surface area contributed by atoms with E-state index in [2.05, 4.69) is 10.5 Å². The van der Waals surface area contributed by atoms with Crippen LogP contribution in [-0.4, -0.2) is 27.1 Å². The molecule has 0 aromatic heterocycles. The van der Waals surface area contributed by atoms with Gasteiger partial charge < -0.3 is 8.92 Å². The molecule has 4 aromatic rings. The Labute approximate surface area is 235 Å². The second-order valence-electron chi connectivity index (χ2n) is 9.32. The molecule has 0 heterocycles. The lowest BCUT2D eigenvalue weighted by Crippen LogP contribution is -2.27. The Hall–Kier alpha value is -4.43. The number of hydrazone groups is 1. The van der Waals surface area contributed by atoms with E-state index in [0.717, 1.165) is 22.3 Å². The fourth-order valence-corrected chi connectivity index (χ4v) is 5.11. The third-order valence-corrected chi connectivity index (χ3v) is 7.62. The van der Waals surface area contributed by atoms with E-state index in [1.54, 1.807) is 31.2 Å². The van der Waals surface area contributed by atoms with Gasteiger partial charge in [-0.1, -0.05) is 72.3 Å². The largest absolute Gasteiger partial charge is 0.490 e. The van der Waals surface area contributed by atoms with Crippen molar-refractivity contribution in [2.24, 2.45) is 5.10 Å². The first-order valence-corrected chi connectivity index (χ1v) is 14.4. The van der Waals surface area contributed by atoms with E-state index in [-0.39, 0.29) is 22.3 Å². The molecule has 7 nitrogen and oxygen atoms in total. The van der Waals surface area contributed by atoms with E-state index in [9.17, 15) is 13.2 Å². The zero-order valence-corrected chi connectivity index (χ0v) is 23.5. The maximum absolute atomic E-state index is 13.2. The van der Waals surface area contributed by atoms with Crippen molar-refractivity contribution < 1.29 is 22.1 Å². The van der Waals surface area contributed by atoms with Crippen LogP contribution in [0.15, 0.2) is 107 Å². The SMILES string of the molecule is CCOc1cc(/C=N\NC(=O)[C@@H](Cc2ccccc2C)c2ccccc2)ccc1OS(=O)(=O)c1ccc(C)cc1. The van der Waals surface area contributed by atoms with Crippen LogP contribution >= 0.6 is 0 Å². The zero-order valence-electron chi connectivity index (χ0n) is 22.7. The molecule has 8 heteroatoms. The van der Waals surface area contributed by atoms with E-state index in [1.165, 1.54) is 24.4 Å². The van der Waals surface area contributed by atoms with Crippen molar-refractivity contribution >= 4 is 22.2 Å². The van der Waals surface area contributed by atoms with E-state index in [4.69, 9.17) is 8.92 Å². The average molecular weight is 557 g/mol. The molecular weight excluding hydrogens is 524 g/mol. The molecule has 206 valence electrons. The molecule has 0 radical (unpaired) electrons. The number of benzene rings is 4. The first-order valence-electron chi connectivity index (χ1n) is 13.0. The second-order valence-corrected chi connectivity index (χ2v) is 10.9. The first-order chi connectivity index (χ1) is 19.3. The van der Waals surface area contributed by atoms with Gasteiger partial charge in [0.15, 0.2) is 11.5 Å². The monoisotopic (exact) mass is 556 g/mol. The van der Waals surface area contributed by atoms with Crippen LogP contribution in [0.2, 0.25) is 0 Å². The lowest BCUT2D eigenvalue weighted by atomic mass is 9.90. The van der Waals surface area contributed by atoms with Gasteiger partial charge in [0, 0.05) is 0 Å². The van der Waals surface area contributed by atoms with Gasteiger partial charge >= 0.3 is 10.1 Å². The molecule has 1 amide bonds. The quantitative estimate of drug-likeness (QED) is 0.140. The number of rotatable bonds is 11. The number of hydrogen-bond acceptors (Lipinski definition) is 6. The molecule has 0 aliphatic carbocycles. The van der Waals surface area contributed by atoms with Gasteiger partial charge in [-0.05, 0) is 79.8 Å². The van der Waals surface area contributed by atoms with E-state index >= 15 is 0 Å². The van der Waals surface area contributed by atoms with Gasteiger partial charge in [-0.3, -0.25) is 4.79 Å². The Kier molecular flexibility index (Phi) is 9.35. The predicted octanol–water partition coefficient (Wildman–Crippen LogP) is 5.95. The third-order valence-electron chi connectivity index (χ3n) is 6.37. The molecule has 4 rings (SSSR count). The number of nitrogens with zero attached hydrogens (tertiary/aromatic N) is 1. The molecule has 0 saturated heterocycles. The van der Waals surface area contributed by atoms with Gasteiger partial charge in [0.05, 0.1) is 18.7 Å². The molecule has 0 fully saturated rings. The van der Waals surface area contributed by atoms with E-state index in [0.29, 0.717) is 18.6 Å². The average Bonchev–Trinajstić information content (AvgIpc) is 2.94. The lowest BCUT2D eigenvalue weighted by Gasteiger charge is -2.17. The minimum atomic E-state index is -4.05.